The third-order valence-corrected chi connectivity index (χ3v) is 3.61. The molecule has 5 nitrogen and oxygen atoms in total. The number of imidazole rings is 1. The first-order chi connectivity index (χ1) is 10.7. The number of hydrogen-bond acceptors (Lipinski definition) is 3. The smallest absolute Gasteiger partial charge is 0.141 e. The molecule has 1 aromatic carbocycles. The van der Waals surface area contributed by atoms with Gasteiger partial charge < -0.3 is 4.57 Å². The van der Waals surface area contributed by atoms with E-state index in [2.05, 4.69) is 26.8 Å². The van der Waals surface area contributed by atoms with E-state index in [1.165, 1.54) is 12.1 Å². The molecule has 0 atom stereocenters. The van der Waals surface area contributed by atoms with Crippen LogP contribution in [-0.4, -0.2) is 24.5 Å². The first-order valence-electron chi connectivity index (χ1n) is 7.04. The van der Waals surface area contributed by atoms with E-state index in [9.17, 15) is 4.39 Å². The Labute approximate surface area is 132 Å². The van der Waals surface area contributed by atoms with Crippen LogP contribution in [0.1, 0.15) is 24.9 Å². The van der Waals surface area contributed by atoms with Gasteiger partial charge in [0, 0.05) is 18.8 Å². The van der Waals surface area contributed by atoms with Crippen molar-refractivity contribution in [2.24, 2.45) is 0 Å². The lowest BCUT2D eigenvalue weighted by Crippen LogP contribution is -2.04. The highest BCUT2D eigenvalue weighted by Gasteiger charge is 2.08. The summed E-state index contributed by atoms with van der Waals surface area (Å²) in [6.07, 6.45) is 7.49. The van der Waals surface area contributed by atoms with Crippen molar-refractivity contribution in [1.82, 2.24) is 24.5 Å². The summed E-state index contributed by atoms with van der Waals surface area (Å²) >= 11 is 5.79. The Hall–Kier alpha value is -2.21. The number of rotatable bonds is 5. The van der Waals surface area contributed by atoms with Crippen LogP contribution in [0.25, 0.3) is 5.69 Å². The number of aryl methyl sites for hydroxylation is 1. The van der Waals surface area contributed by atoms with Gasteiger partial charge in [-0.3, -0.25) is 0 Å². The normalized spacial score (nSPS) is 11.0. The Bertz CT molecular complexity index is 780. The highest BCUT2D eigenvalue weighted by Crippen LogP contribution is 2.18. The molecule has 114 valence electrons. The predicted molar refractivity (Wildman–Crippen MR) is 81.7 cm³/mol. The van der Waals surface area contributed by atoms with Crippen LogP contribution >= 0.6 is 11.6 Å². The zero-order valence-corrected chi connectivity index (χ0v) is 12.8. The van der Waals surface area contributed by atoms with E-state index in [1.807, 2.05) is 6.20 Å². The van der Waals surface area contributed by atoms with Gasteiger partial charge in [0.15, 0.2) is 0 Å². The topological polar surface area (TPSA) is 48.5 Å². The fourth-order valence-corrected chi connectivity index (χ4v) is 2.41. The van der Waals surface area contributed by atoms with Gasteiger partial charge in [-0.1, -0.05) is 23.7 Å². The number of hydrogen-bond donors (Lipinski definition) is 0. The third-order valence-electron chi connectivity index (χ3n) is 3.32. The Morgan fingerprint density at radius 1 is 1.32 bits per heavy atom. The molecule has 0 spiro atoms. The lowest BCUT2D eigenvalue weighted by atomic mass is 10.3. The SMILES string of the molecule is CCCc1nccn1Cc1cn(-c2ccc(F)c(Cl)c2)nn1. The number of halogens is 2. The summed E-state index contributed by atoms with van der Waals surface area (Å²) in [5.41, 5.74) is 1.47. The molecule has 0 aliphatic carbocycles. The van der Waals surface area contributed by atoms with Crippen molar-refractivity contribution < 1.29 is 4.39 Å². The maximum absolute atomic E-state index is 13.2. The lowest BCUT2D eigenvalue weighted by molar-refractivity contribution is 0.627. The van der Waals surface area contributed by atoms with E-state index < -0.39 is 5.82 Å². The summed E-state index contributed by atoms with van der Waals surface area (Å²) < 4.78 is 16.8. The van der Waals surface area contributed by atoms with Gasteiger partial charge in [-0.15, -0.1) is 5.10 Å². The van der Waals surface area contributed by atoms with Gasteiger partial charge in [-0.2, -0.15) is 0 Å². The molecule has 0 saturated heterocycles. The van der Waals surface area contributed by atoms with E-state index in [0.717, 1.165) is 24.4 Å². The Morgan fingerprint density at radius 2 is 2.18 bits per heavy atom. The monoisotopic (exact) mass is 319 g/mol. The van der Waals surface area contributed by atoms with E-state index in [1.54, 1.807) is 23.1 Å². The average Bonchev–Trinajstić information content (AvgIpc) is 3.13. The number of benzene rings is 1. The summed E-state index contributed by atoms with van der Waals surface area (Å²) in [5.74, 6) is 0.579. The van der Waals surface area contributed by atoms with Crippen LogP contribution in [0, 0.1) is 5.82 Å². The Kier molecular flexibility index (Phi) is 4.20. The van der Waals surface area contributed by atoms with Gasteiger partial charge in [-0.25, -0.2) is 14.1 Å². The van der Waals surface area contributed by atoms with E-state index >= 15 is 0 Å². The molecule has 0 N–H and O–H groups in total. The second kappa shape index (κ2) is 6.27. The summed E-state index contributed by atoms with van der Waals surface area (Å²) in [5, 5.41) is 8.28. The van der Waals surface area contributed by atoms with Crippen molar-refractivity contribution in [1.29, 1.82) is 0 Å². The maximum Gasteiger partial charge on any atom is 0.141 e. The number of nitrogens with zero attached hydrogens (tertiary/aromatic N) is 5. The van der Waals surface area contributed by atoms with Crippen LogP contribution in [0.4, 0.5) is 4.39 Å². The van der Waals surface area contributed by atoms with E-state index in [-0.39, 0.29) is 5.02 Å². The van der Waals surface area contributed by atoms with Crippen LogP contribution in [0.2, 0.25) is 5.02 Å². The van der Waals surface area contributed by atoms with Gasteiger partial charge in [0.05, 0.1) is 23.5 Å². The summed E-state index contributed by atoms with van der Waals surface area (Å²) in [6.45, 7) is 2.72. The molecule has 22 heavy (non-hydrogen) atoms. The first kappa shape index (κ1) is 14.7. The Morgan fingerprint density at radius 3 is 2.95 bits per heavy atom. The molecule has 0 amide bonds. The minimum Gasteiger partial charge on any atom is -0.329 e. The average molecular weight is 320 g/mol. The minimum atomic E-state index is -0.451. The highest BCUT2D eigenvalue weighted by molar-refractivity contribution is 6.30. The molecular weight excluding hydrogens is 305 g/mol. The largest absolute Gasteiger partial charge is 0.329 e. The summed E-state index contributed by atoms with van der Waals surface area (Å²) in [6, 6.07) is 4.45. The van der Waals surface area contributed by atoms with Crippen molar-refractivity contribution in [3.63, 3.8) is 0 Å². The number of aromatic nitrogens is 5. The minimum absolute atomic E-state index is 0.0643. The van der Waals surface area contributed by atoms with Crippen molar-refractivity contribution in [2.75, 3.05) is 0 Å². The molecule has 3 rings (SSSR count). The Balaban J connectivity index is 1.81. The van der Waals surface area contributed by atoms with Gasteiger partial charge in [0.2, 0.25) is 0 Å². The molecular formula is C15H15ClFN5. The van der Waals surface area contributed by atoms with Gasteiger partial charge in [0.25, 0.3) is 0 Å². The molecule has 2 aromatic heterocycles. The molecule has 3 aromatic rings. The predicted octanol–water partition coefficient (Wildman–Crippen LogP) is 3.26. The van der Waals surface area contributed by atoms with Crippen molar-refractivity contribution in [3.05, 3.63) is 59.1 Å². The standard InChI is InChI=1S/C15H15ClFN5/c1-2-3-15-18-6-7-21(15)9-11-10-22(20-19-11)12-4-5-14(17)13(16)8-12/h4-8,10H,2-3,9H2,1H3. The molecule has 0 bridgehead atoms. The molecule has 0 saturated carbocycles. The van der Waals surface area contributed by atoms with E-state index in [4.69, 9.17) is 11.6 Å². The molecule has 0 fully saturated rings. The fraction of sp³-hybridized carbons (Fsp3) is 0.267. The zero-order chi connectivity index (χ0) is 15.5. The van der Waals surface area contributed by atoms with Gasteiger partial charge in [0.1, 0.15) is 17.3 Å². The van der Waals surface area contributed by atoms with Crippen LogP contribution < -0.4 is 0 Å². The fourth-order valence-electron chi connectivity index (χ4n) is 2.23. The van der Waals surface area contributed by atoms with Crippen LogP contribution in [-0.2, 0) is 13.0 Å². The molecule has 2 heterocycles. The van der Waals surface area contributed by atoms with Crippen molar-refractivity contribution >= 4 is 11.6 Å². The van der Waals surface area contributed by atoms with Crippen LogP contribution in [0.5, 0.6) is 0 Å². The van der Waals surface area contributed by atoms with Gasteiger partial charge in [-0.05, 0) is 24.6 Å². The van der Waals surface area contributed by atoms with Gasteiger partial charge >= 0.3 is 0 Å². The molecule has 0 aliphatic rings. The first-order valence-corrected chi connectivity index (χ1v) is 7.42. The lowest BCUT2D eigenvalue weighted by Gasteiger charge is -2.04. The molecule has 0 unspecified atom stereocenters. The van der Waals surface area contributed by atoms with Crippen LogP contribution in [0.3, 0.4) is 0 Å². The molecule has 0 aliphatic heterocycles. The van der Waals surface area contributed by atoms with Crippen LogP contribution in [0.15, 0.2) is 36.8 Å². The summed E-state index contributed by atoms with van der Waals surface area (Å²) in [4.78, 5) is 4.34. The second-order valence-corrected chi connectivity index (χ2v) is 5.38. The molecule has 7 heteroatoms. The quantitative estimate of drug-likeness (QED) is 0.725. The third kappa shape index (κ3) is 3.01. The maximum atomic E-state index is 13.2. The second-order valence-electron chi connectivity index (χ2n) is 4.97. The van der Waals surface area contributed by atoms with E-state index in [0.29, 0.717) is 12.2 Å². The van der Waals surface area contributed by atoms with Crippen molar-refractivity contribution in [2.45, 2.75) is 26.3 Å². The van der Waals surface area contributed by atoms with Crippen molar-refractivity contribution in [3.8, 4) is 5.69 Å². The summed E-state index contributed by atoms with van der Waals surface area (Å²) in [7, 11) is 0. The highest BCUT2D eigenvalue weighted by atomic mass is 35.5. The zero-order valence-electron chi connectivity index (χ0n) is 12.1. The molecule has 0 radical (unpaired) electrons.